The molecule has 2 aromatic carbocycles. The number of aromatic nitrogens is 3. The summed E-state index contributed by atoms with van der Waals surface area (Å²) in [6, 6.07) is 20.6. The smallest absolute Gasteiger partial charge is 0.306 e. The minimum absolute atomic E-state index is 0. The molecule has 32 heavy (non-hydrogen) atoms. The van der Waals surface area contributed by atoms with E-state index in [1.807, 2.05) is 66.7 Å². The normalized spacial score (nSPS) is 14.5. The number of imidazole rings is 1. The van der Waals surface area contributed by atoms with Crippen molar-refractivity contribution in [3.63, 3.8) is 0 Å². The van der Waals surface area contributed by atoms with Gasteiger partial charge in [-0.3, -0.25) is 0 Å². The first-order chi connectivity index (χ1) is 15.3. The van der Waals surface area contributed by atoms with Crippen molar-refractivity contribution in [2.75, 3.05) is 5.32 Å². The third-order valence-electron chi connectivity index (χ3n) is 4.95. The van der Waals surface area contributed by atoms with Gasteiger partial charge in [0.1, 0.15) is 5.69 Å². The van der Waals surface area contributed by atoms with Crippen molar-refractivity contribution >= 4 is 36.0 Å². The average molecular weight is 443 g/mol. The van der Waals surface area contributed by atoms with Crippen molar-refractivity contribution in [1.29, 1.82) is 0 Å². The highest BCUT2D eigenvalue weighted by molar-refractivity contribution is 5.91. The molecular weight excluding hydrogens is 424 g/mol. The molecule has 0 unspecified atom stereocenters. The number of fused-ring (bicyclic) bond motifs is 1. The highest BCUT2D eigenvalue weighted by atomic mass is 35.5. The van der Waals surface area contributed by atoms with Crippen LogP contribution in [-0.4, -0.2) is 31.9 Å². The zero-order valence-corrected chi connectivity index (χ0v) is 17.7. The summed E-state index contributed by atoms with van der Waals surface area (Å²) in [5, 5.41) is 12.9. The predicted octanol–water partition coefficient (Wildman–Crippen LogP) is 4.52. The van der Waals surface area contributed by atoms with Crippen LogP contribution in [0.25, 0.3) is 5.65 Å². The van der Waals surface area contributed by atoms with Crippen LogP contribution in [0.1, 0.15) is 29.3 Å². The third kappa shape index (κ3) is 4.31. The number of rotatable bonds is 2. The lowest BCUT2D eigenvalue weighted by atomic mass is 10.1. The summed E-state index contributed by atoms with van der Waals surface area (Å²) in [5.74, 6) is 6.20. The Kier molecular flexibility index (Phi) is 6.15. The van der Waals surface area contributed by atoms with E-state index in [4.69, 9.17) is 0 Å². The number of hydrogen-bond donors (Lipinski definition) is 1. The van der Waals surface area contributed by atoms with E-state index in [-0.39, 0.29) is 24.5 Å². The highest BCUT2D eigenvalue weighted by Gasteiger charge is 2.28. The van der Waals surface area contributed by atoms with Gasteiger partial charge in [-0.05, 0) is 41.8 Å². The molecule has 4 aromatic rings. The summed E-state index contributed by atoms with van der Waals surface area (Å²) >= 11 is 0. The molecule has 3 heterocycles. The minimum atomic E-state index is -0.279. The largest absolute Gasteiger partial charge is 0.342 e. The van der Waals surface area contributed by atoms with Gasteiger partial charge in [0.05, 0.1) is 12.2 Å². The minimum Gasteiger partial charge on any atom is -0.306 e. The van der Waals surface area contributed by atoms with Gasteiger partial charge in [0.25, 0.3) is 0 Å². The molecule has 2 amide bonds. The molecule has 2 aromatic heterocycles. The molecule has 0 spiro atoms. The molecule has 0 bridgehead atoms. The highest BCUT2D eigenvalue weighted by Crippen LogP contribution is 2.28. The molecule has 0 aliphatic carbocycles. The Balaban J connectivity index is 0.00000245. The van der Waals surface area contributed by atoms with Crippen LogP contribution in [0.3, 0.4) is 0 Å². The van der Waals surface area contributed by atoms with Crippen molar-refractivity contribution < 1.29 is 4.79 Å². The zero-order valence-electron chi connectivity index (χ0n) is 16.9. The van der Waals surface area contributed by atoms with Crippen LogP contribution in [0.5, 0.6) is 0 Å². The molecule has 0 saturated carbocycles. The molecule has 0 saturated heterocycles. The molecule has 0 fully saturated rings. The van der Waals surface area contributed by atoms with Gasteiger partial charge >= 0.3 is 6.03 Å². The number of nitrogens with one attached hydrogen (secondary N) is 1. The van der Waals surface area contributed by atoms with Crippen molar-refractivity contribution in [3.8, 4) is 11.8 Å². The molecule has 1 atom stereocenters. The number of anilines is 1. The Morgan fingerprint density at radius 1 is 1.03 bits per heavy atom. The summed E-state index contributed by atoms with van der Waals surface area (Å²) in [7, 11) is 0. The molecule has 5 rings (SSSR count). The molecule has 8 heteroatoms. The molecular formula is C24H19ClN6O. The Morgan fingerprint density at radius 3 is 2.78 bits per heavy atom. The number of amides is 2. The van der Waals surface area contributed by atoms with Crippen LogP contribution in [-0.2, 0) is 0 Å². The molecule has 0 radical (unpaired) electrons. The number of carbonyl (C=O) groups excluding carboxylic acids is 1. The van der Waals surface area contributed by atoms with Crippen molar-refractivity contribution in [1.82, 2.24) is 19.6 Å². The van der Waals surface area contributed by atoms with Crippen LogP contribution >= 0.6 is 12.4 Å². The molecule has 158 valence electrons. The number of benzene rings is 2. The Morgan fingerprint density at radius 2 is 1.91 bits per heavy atom. The fourth-order valence-corrected chi connectivity index (χ4v) is 3.47. The van der Waals surface area contributed by atoms with Gasteiger partial charge in [0, 0.05) is 30.1 Å². The molecule has 1 N–H and O–H groups in total. The van der Waals surface area contributed by atoms with Gasteiger partial charge in [-0.25, -0.2) is 19.3 Å². The lowest BCUT2D eigenvalue weighted by Crippen LogP contribution is -2.31. The van der Waals surface area contributed by atoms with Gasteiger partial charge in [-0.15, -0.1) is 12.4 Å². The van der Waals surface area contributed by atoms with E-state index in [1.165, 1.54) is 5.01 Å². The topological polar surface area (TPSA) is 74.9 Å². The van der Waals surface area contributed by atoms with E-state index in [9.17, 15) is 4.79 Å². The second-order valence-electron chi connectivity index (χ2n) is 7.00. The summed E-state index contributed by atoms with van der Waals surface area (Å²) in [6.07, 6.45) is 5.84. The van der Waals surface area contributed by atoms with Gasteiger partial charge in [-0.1, -0.05) is 42.3 Å². The van der Waals surface area contributed by atoms with Gasteiger partial charge < -0.3 is 5.32 Å². The van der Waals surface area contributed by atoms with Crippen molar-refractivity contribution in [2.24, 2.45) is 5.10 Å². The number of halogens is 1. The fraction of sp³-hybridized carbons (Fsp3) is 0.0833. The van der Waals surface area contributed by atoms with Gasteiger partial charge in [0.2, 0.25) is 0 Å². The van der Waals surface area contributed by atoms with Crippen molar-refractivity contribution in [2.45, 2.75) is 12.5 Å². The monoisotopic (exact) mass is 442 g/mol. The molecule has 7 nitrogen and oxygen atoms in total. The van der Waals surface area contributed by atoms with Crippen LogP contribution < -0.4 is 5.32 Å². The maximum Gasteiger partial charge on any atom is 0.342 e. The van der Waals surface area contributed by atoms with E-state index in [0.29, 0.717) is 17.8 Å². The van der Waals surface area contributed by atoms with E-state index < -0.39 is 0 Å². The summed E-state index contributed by atoms with van der Waals surface area (Å²) in [4.78, 5) is 17.1. The van der Waals surface area contributed by atoms with E-state index in [2.05, 4.69) is 32.3 Å². The Labute approximate surface area is 191 Å². The second-order valence-corrected chi connectivity index (χ2v) is 7.00. The zero-order chi connectivity index (χ0) is 21.0. The first-order valence-corrected chi connectivity index (χ1v) is 9.86. The average Bonchev–Trinajstić information content (AvgIpc) is 3.46. The first-order valence-electron chi connectivity index (χ1n) is 9.86. The maximum absolute atomic E-state index is 12.8. The second kappa shape index (κ2) is 9.33. The first kappa shape index (κ1) is 21.1. The number of hydrazone groups is 1. The summed E-state index contributed by atoms with van der Waals surface area (Å²) in [6.45, 7) is 0. The van der Waals surface area contributed by atoms with E-state index >= 15 is 0 Å². The number of urea groups is 1. The lowest BCUT2D eigenvalue weighted by Gasteiger charge is -2.22. The van der Waals surface area contributed by atoms with Gasteiger partial charge in [-0.2, -0.15) is 10.2 Å². The van der Waals surface area contributed by atoms with E-state index in [1.54, 1.807) is 23.1 Å². The SMILES string of the molecule is Cl.O=C(Nc1cccc(C#Cc2cnc3cccnn23)c1)N1N=CC[C@@H]1c1ccccc1. The van der Waals surface area contributed by atoms with Crippen LogP contribution in [0.15, 0.2) is 84.2 Å². The van der Waals surface area contributed by atoms with Crippen LogP contribution in [0.4, 0.5) is 10.5 Å². The number of carbonyl (C=O) groups is 1. The summed E-state index contributed by atoms with van der Waals surface area (Å²) < 4.78 is 1.69. The standard InChI is InChI=1S/C24H18N6O.ClH/c31-24(30-22(13-15-27-30)19-7-2-1-3-8-19)28-20-9-4-6-18(16-20)11-12-21-17-25-23-10-5-14-26-29(21)23;/h1-10,14-17,22H,13H2,(H,28,31);1H/t22-;/m1./s1. The Hall–Kier alpha value is -4.15. The van der Waals surface area contributed by atoms with E-state index in [0.717, 1.165) is 16.8 Å². The lowest BCUT2D eigenvalue weighted by molar-refractivity contribution is 0.200. The number of hydrogen-bond acceptors (Lipinski definition) is 4. The van der Waals surface area contributed by atoms with Crippen LogP contribution in [0, 0.1) is 11.8 Å². The van der Waals surface area contributed by atoms with Crippen molar-refractivity contribution in [3.05, 3.63) is 95.9 Å². The Bertz CT molecular complexity index is 1340. The summed E-state index contributed by atoms with van der Waals surface area (Å²) in [5.41, 5.74) is 3.92. The quantitative estimate of drug-likeness (QED) is 0.464. The predicted molar refractivity (Wildman–Crippen MR) is 126 cm³/mol. The number of nitrogens with zero attached hydrogens (tertiary/aromatic N) is 5. The molecule has 1 aliphatic rings. The van der Waals surface area contributed by atoms with Crippen LogP contribution in [0.2, 0.25) is 0 Å². The molecule has 1 aliphatic heterocycles. The van der Waals surface area contributed by atoms with Gasteiger partial charge in [0.15, 0.2) is 5.65 Å². The fourth-order valence-electron chi connectivity index (χ4n) is 3.47. The third-order valence-corrected chi connectivity index (χ3v) is 4.95. The maximum atomic E-state index is 12.8.